The van der Waals surface area contributed by atoms with Crippen LogP contribution >= 0.6 is 0 Å². The first-order chi connectivity index (χ1) is 11.0. The van der Waals surface area contributed by atoms with Crippen LogP contribution in [0.4, 0.5) is 4.39 Å². The fraction of sp³-hybridized carbons (Fsp3) is 0.421. The third-order valence-electron chi connectivity index (χ3n) is 4.14. The molecule has 0 aliphatic heterocycles. The van der Waals surface area contributed by atoms with Crippen molar-refractivity contribution in [3.8, 4) is 11.3 Å². The number of amides is 1. The predicted molar refractivity (Wildman–Crippen MR) is 87.6 cm³/mol. The average Bonchev–Trinajstić information content (AvgIpc) is 3.24. The van der Waals surface area contributed by atoms with Gasteiger partial charge in [0, 0.05) is 18.2 Å². The second kappa shape index (κ2) is 6.57. The molecule has 2 aromatic rings. The maximum atomic E-state index is 13.0. The maximum Gasteiger partial charge on any atom is 0.289 e. The summed E-state index contributed by atoms with van der Waals surface area (Å²) >= 11 is 0. The molecule has 0 bridgehead atoms. The van der Waals surface area contributed by atoms with Crippen molar-refractivity contribution in [2.45, 2.75) is 39.2 Å². The van der Waals surface area contributed by atoms with Crippen molar-refractivity contribution in [1.82, 2.24) is 4.90 Å². The van der Waals surface area contributed by atoms with Crippen molar-refractivity contribution >= 4 is 5.91 Å². The van der Waals surface area contributed by atoms with Gasteiger partial charge in [-0.3, -0.25) is 4.79 Å². The van der Waals surface area contributed by atoms with Crippen LogP contribution in [0.15, 0.2) is 40.8 Å². The lowest BCUT2D eigenvalue weighted by atomic mass is 10.1. The number of furan rings is 1. The van der Waals surface area contributed by atoms with Crippen LogP contribution in [0.25, 0.3) is 11.3 Å². The molecule has 1 amide bonds. The molecule has 4 heteroatoms. The molecule has 23 heavy (non-hydrogen) atoms. The second-order valence-electron chi connectivity index (χ2n) is 6.58. The molecule has 3 rings (SSSR count). The average molecular weight is 315 g/mol. The summed E-state index contributed by atoms with van der Waals surface area (Å²) in [4.78, 5) is 14.6. The van der Waals surface area contributed by atoms with Gasteiger partial charge in [0.25, 0.3) is 5.91 Å². The van der Waals surface area contributed by atoms with E-state index < -0.39 is 0 Å². The molecule has 0 radical (unpaired) electrons. The van der Waals surface area contributed by atoms with Crippen molar-refractivity contribution in [2.24, 2.45) is 5.92 Å². The fourth-order valence-corrected chi connectivity index (χ4v) is 2.60. The normalized spacial score (nSPS) is 14.3. The zero-order valence-corrected chi connectivity index (χ0v) is 13.6. The van der Waals surface area contributed by atoms with Crippen molar-refractivity contribution in [3.63, 3.8) is 0 Å². The second-order valence-corrected chi connectivity index (χ2v) is 6.58. The van der Waals surface area contributed by atoms with Crippen LogP contribution in [0.2, 0.25) is 0 Å². The molecular formula is C19H22FNO2. The summed E-state index contributed by atoms with van der Waals surface area (Å²) in [6.45, 7) is 5.10. The first kappa shape index (κ1) is 15.8. The Morgan fingerprint density at radius 1 is 1.22 bits per heavy atom. The summed E-state index contributed by atoms with van der Waals surface area (Å²) in [5, 5.41) is 0. The van der Waals surface area contributed by atoms with Gasteiger partial charge >= 0.3 is 0 Å². The van der Waals surface area contributed by atoms with Gasteiger partial charge in [0.15, 0.2) is 5.76 Å². The standard InChI is InChI=1S/C19H22FNO2/c1-13(2)11-12-21(16-7-8-16)19(22)18-10-9-17(23-18)14-3-5-15(20)6-4-14/h3-6,9-10,13,16H,7-8,11-12H2,1-2H3. The van der Waals surface area contributed by atoms with Gasteiger partial charge in [-0.2, -0.15) is 0 Å². The molecule has 122 valence electrons. The van der Waals surface area contributed by atoms with Crippen molar-refractivity contribution in [3.05, 3.63) is 48.0 Å². The van der Waals surface area contributed by atoms with Crippen LogP contribution in [-0.2, 0) is 0 Å². The molecule has 1 aromatic heterocycles. The molecule has 1 aliphatic carbocycles. The lowest BCUT2D eigenvalue weighted by molar-refractivity contribution is 0.0704. The number of halogens is 1. The largest absolute Gasteiger partial charge is 0.451 e. The van der Waals surface area contributed by atoms with Crippen LogP contribution in [0.1, 0.15) is 43.7 Å². The minimum atomic E-state index is -0.287. The number of hydrogen-bond acceptors (Lipinski definition) is 2. The molecule has 3 nitrogen and oxygen atoms in total. The van der Waals surface area contributed by atoms with E-state index in [1.807, 2.05) is 4.90 Å². The first-order valence-electron chi connectivity index (χ1n) is 8.21. The van der Waals surface area contributed by atoms with Crippen molar-refractivity contribution in [2.75, 3.05) is 6.54 Å². The molecule has 1 aromatic carbocycles. The van der Waals surface area contributed by atoms with E-state index >= 15 is 0 Å². The summed E-state index contributed by atoms with van der Waals surface area (Å²) in [5.41, 5.74) is 0.769. The Balaban J connectivity index is 1.75. The van der Waals surface area contributed by atoms with Crippen LogP contribution in [0.5, 0.6) is 0 Å². The summed E-state index contributed by atoms with van der Waals surface area (Å²) in [7, 11) is 0. The Kier molecular flexibility index (Phi) is 4.51. The molecule has 1 fully saturated rings. The minimum absolute atomic E-state index is 0.0403. The van der Waals surface area contributed by atoms with Gasteiger partial charge in [0.2, 0.25) is 0 Å². The SMILES string of the molecule is CC(C)CCN(C(=O)c1ccc(-c2ccc(F)cc2)o1)C1CC1. The molecule has 0 spiro atoms. The molecule has 0 atom stereocenters. The molecule has 0 saturated heterocycles. The number of benzene rings is 1. The fourth-order valence-electron chi connectivity index (χ4n) is 2.60. The molecule has 0 unspecified atom stereocenters. The third-order valence-corrected chi connectivity index (χ3v) is 4.14. The van der Waals surface area contributed by atoms with E-state index in [9.17, 15) is 9.18 Å². The monoisotopic (exact) mass is 315 g/mol. The summed E-state index contributed by atoms with van der Waals surface area (Å²) in [5.74, 6) is 1.19. The number of rotatable bonds is 6. The van der Waals surface area contributed by atoms with Crippen LogP contribution in [0, 0.1) is 11.7 Å². The van der Waals surface area contributed by atoms with Gasteiger partial charge in [-0.05, 0) is 61.6 Å². The topological polar surface area (TPSA) is 33.5 Å². The van der Waals surface area contributed by atoms with E-state index in [1.165, 1.54) is 12.1 Å². The smallest absolute Gasteiger partial charge is 0.289 e. The molecule has 1 heterocycles. The zero-order chi connectivity index (χ0) is 16.4. The summed E-state index contributed by atoms with van der Waals surface area (Å²) in [6, 6.07) is 9.93. The first-order valence-corrected chi connectivity index (χ1v) is 8.21. The number of nitrogens with zero attached hydrogens (tertiary/aromatic N) is 1. The Morgan fingerprint density at radius 2 is 1.91 bits per heavy atom. The van der Waals surface area contributed by atoms with Crippen LogP contribution < -0.4 is 0 Å². The van der Waals surface area contributed by atoms with E-state index in [0.29, 0.717) is 23.5 Å². The number of carbonyl (C=O) groups is 1. The van der Waals surface area contributed by atoms with Gasteiger partial charge in [-0.1, -0.05) is 13.8 Å². The van der Waals surface area contributed by atoms with E-state index in [4.69, 9.17) is 4.42 Å². The highest BCUT2D eigenvalue weighted by Gasteiger charge is 2.34. The highest BCUT2D eigenvalue weighted by Crippen LogP contribution is 2.30. The Morgan fingerprint density at radius 3 is 2.52 bits per heavy atom. The zero-order valence-electron chi connectivity index (χ0n) is 13.6. The Hall–Kier alpha value is -2.10. The predicted octanol–water partition coefficient (Wildman–Crippen LogP) is 4.74. The summed E-state index contributed by atoms with van der Waals surface area (Å²) in [6.07, 6.45) is 3.15. The van der Waals surface area contributed by atoms with E-state index in [-0.39, 0.29) is 11.7 Å². The minimum Gasteiger partial charge on any atom is -0.451 e. The third kappa shape index (κ3) is 3.81. The van der Waals surface area contributed by atoms with Gasteiger partial charge in [-0.25, -0.2) is 4.39 Å². The van der Waals surface area contributed by atoms with Crippen LogP contribution in [-0.4, -0.2) is 23.4 Å². The number of carbonyl (C=O) groups excluding carboxylic acids is 1. The molecule has 1 saturated carbocycles. The lowest BCUT2D eigenvalue weighted by Crippen LogP contribution is -2.34. The lowest BCUT2D eigenvalue weighted by Gasteiger charge is -2.22. The highest BCUT2D eigenvalue weighted by molar-refractivity contribution is 5.92. The van der Waals surface area contributed by atoms with Gasteiger partial charge in [0.05, 0.1) is 0 Å². The summed E-state index contributed by atoms with van der Waals surface area (Å²) < 4.78 is 18.7. The Bertz CT molecular complexity index is 671. The van der Waals surface area contributed by atoms with Gasteiger partial charge in [-0.15, -0.1) is 0 Å². The molecule has 0 N–H and O–H groups in total. The molecular weight excluding hydrogens is 293 g/mol. The maximum absolute atomic E-state index is 13.0. The van der Waals surface area contributed by atoms with E-state index in [2.05, 4.69) is 13.8 Å². The van der Waals surface area contributed by atoms with E-state index in [0.717, 1.165) is 31.4 Å². The highest BCUT2D eigenvalue weighted by atomic mass is 19.1. The van der Waals surface area contributed by atoms with Gasteiger partial charge < -0.3 is 9.32 Å². The van der Waals surface area contributed by atoms with Gasteiger partial charge in [0.1, 0.15) is 11.6 Å². The van der Waals surface area contributed by atoms with Crippen LogP contribution in [0.3, 0.4) is 0 Å². The Labute approximate surface area is 136 Å². The number of hydrogen-bond donors (Lipinski definition) is 0. The van der Waals surface area contributed by atoms with Crippen molar-refractivity contribution in [1.29, 1.82) is 0 Å². The van der Waals surface area contributed by atoms with Crippen molar-refractivity contribution < 1.29 is 13.6 Å². The molecule has 1 aliphatic rings. The quantitative estimate of drug-likeness (QED) is 0.771. The van der Waals surface area contributed by atoms with E-state index in [1.54, 1.807) is 24.3 Å².